The molecular weight excluding hydrogens is 296 g/mol. The third-order valence-corrected chi connectivity index (χ3v) is 6.16. The average Bonchev–Trinajstić information content (AvgIpc) is 2.57. The summed E-state index contributed by atoms with van der Waals surface area (Å²) < 4.78 is 0. The van der Waals surface area contributed by atoms with Gasteiger partial charge in [0, 0.05) is 38.6 Å². The van der Waals surface area contributed by atoms with E-state index < -0.39 is 5.60 Å². The Labute approximate surface area is 147 Å². The number of aliphatic hydroxyl groups is 1. The van der Waals surface area contributed by atoms with E-state index in [1.54, 1.807) is 0 Å². The molecule has 0 spiro atoms. The Morgan fingerprint density at radius 1 is 1.00 bits per heavy atom. The van der Waals surface area contributed by atoms with Crippen LogP contribution in [-0.2, 0) is 5.60 Å². The van der Waals surface area contributed by atoms with E-state index >= 15 is 0 Å². The van der Waals surface area contributed by atoms with Gasteiger partial charge in [-0.3, -0.25) is 0 Å². The smallest absolute Gasteiger partial charge is 0.0936 e. The van der Waals surface area contributed by atoms with Gasteiger partial charge in [-0.15, -0.1) is 0 Å². The second-order valence-corrected chi connectivity index (χ2v) is 8.04. The van der Waals surface area contributed by atoms with Crippen LogP contribution in [0.5, 0.6) is 0 Å². The summed E-state index contributed by atoms with van der Waals surface area (Å²) in [5.74, 6) is 0.351. The molecule has 1 heterocycles. The van der Waals surface area contributed by atoms with Gasteiger partial charge in [0.1, 0.15) is 0 Å². The summed E-state index contributed by atoms with van der Waals surface area (Å²) in [6.07, 6.45) is 7.04. The van der Waals surface area contributed by atoms with Crippen molar-refractivity contribution in [2.45, 2.75) is 51.0 Å². The van der Waals surface area contributed by atoms with E-state index in [1.807, 2.05) is 0 Å². The third kappa shape index (κ3) is 4.19. The second kappa shape index (κ2) is 7.99. The Balaban J connectivity index is 1.79. The Kier molecular flexibility index (Phi) is 5.96. The maximum absolute atomic E-state index is 11.7. The molecule has 2 unspecified atom stereocenters. The highest BCUT2D eigenvalue weighted by atomic mass is 16.3. The molecule has 0 bridgehead atoms. The van der Waals surface area contributed by atoms with Crippen molar-refractivity contribution >= 4 is 0 Å². The number of hydrogen-bond acceptors (Lipinski definition) is 3. The molecule has 2 fully saturated rings. The minimum atomic E-state index is -0.655. The highest BCUT2D eigenvalue weighted by Gasteiger charge is 2.39. The summed E-state index contributed by atoms with van der Waals surface area (Å²) in [5, 5.41) is 11.7. The van der Waals surface area contributed by atoms with Crippen LogP contribution in [0, 0.1) is 12.8 Å². The summed E-state index contributed by atoms with van der Waals surface area (Å²) in [6.45, 7) is 7.73. The van der Waals surface area contributed by atoms with Crippen LogP contribution in [0.3, 0.4) is 0 Å². The SMILES string of the molecule is Cc1ccc(C2(O)CCCCCCC2CN2CCN(C)CC2)cc1. The van der Waals surface area contributed by atoms with Gasteiger partial charge in [0.15, 0.2) is 0 Å². The zero-order valence-corrected chi connectivity index (χ0v) is 15.5. The maximum Gasteiger partial charge on any atom is 0.0936 e. The van der Waals surface area contributed by atoms with Crippen LogP contribution < -0.4 is 0 Å². The molecule has 1 N–H and O–H groups in total. The van der Waals surface area contributed by atoms with Gasteiger partial charge in [0.2, 0.25) is 0 Å². The van der Waals surface area contributed by atoms with Crippen molar-refractivity contribution in [3.05, 3.63) is 35.4 Å². The quantitative estimate of drug-likeness (QED) is 0.920. The predicted molar refractivity (Wildman–Crippen MR) is 100 cm³/mol. The third-order valence-electron chi connectivity index (χ3n) is 6.16. The second-order valence-electron chi connectivity index (χ2n) is 8.04. The molecule has 1 saturated carbocycles. The monoisotopic (exact) mass is 330 g/mol. The standard InChI is InChI=1S/C21H34N2O/c1-18-8-10-19(11-9-18)21(24)12-6-4-3-5-7-20(21)17-23-15-13-22(2)14-16-23/h8-11,20,24H,3-7,12-17H2,1-2H3. The number of hydrogen-bond donors (Lipinski definition) is 1. The molecule has 1 aliphatic carbocycles. The fraction of sp³-hybridized carbons (Fsp3) is 0.714. The molecule has 1 aliphatic heterocycles. The Hall–Kier alpha value is -0.900. The molecule has 2 aliphatic rings. The Morgan fingerprint density at radius 2 is 1.67 bits per heavy atom. The number of aryl methyl sites for hydroxylation is 1. The van der Waals surface area contributed by atoms with Crippen molar-refractivity contribution in [1.29, 1.82) is 0 Å². The summed E-state index contributed by atoms with van der Waals surface area (Å²) in [4.78, 5) is 4.98. The number of nitrogens with zero attached hydrogens (tertiary/aromatic N) is 2. The fourth-order valence-corrected chi connectivity index (χ4v) is 4.39. The van der Waals surface area contributed by atoms with Crippen LogP contribution in [0.25, 0.3) is 0 Å². The van der Waals surface area contributed by atoms with Crippen LogP contribution in [0.15, 0.2) is 24.3 Å². The number of benzene rings is 1. The van der Waals surface area contributed by atoms with Gasteiger partial charge in [0.05, 0.1) is 5.60 Å². The van der Waals surface area contributed by atoms with Crippen LogP contribution in [-0.4, -0.2) is 54.7 Å². The van der Waals surface area contributed by atoms with E-state index in [2.05, 4.69) is 48.0 Å². The van der Waals surface area contributed by atoms with E-state index in [1.165, 1.54) is 24.8 Å². The molecule has 0 aromatic heterocycles. The Morgan fingerprint density at radius 3 is 2.38 bits per heavy atom. The van der Waals surface area contributed by atoms with Crippen LogP contribution in [0.4, 0.5) is 0 Å². The molecule has 0 amide bonds. The molecule has 134 valence electrons. The largest absolute Gasteiger partial charge is 0.385 e. The lowest BCUT2D eigenvalue weighted by molar-refractivity contribution is -0.0574. The highest BCUT2D eigenvalue weighted by molar-refractivity contribution is 5.27. The molecule has 3 rings (SSSR count). The molecule has 2 atom stereocenters. The number of piperazine rings is 1. The zero-order chi connectivity index (χ0) is 17.0. The van der Waals surface area contributed by atoms with Crippen molar-refractivity contribution in [2.75, 3.05) is 39.8 Å². The summed E-state index contributed by atoms with van der Waals surface area (Å²) >= 11 is 0. The van der Waals surface area contributed by atoms with Crippen LogP contribution in [0.1, 0.15) is 49.7 Å². The highest BCUT2D eigenvalue weighted by Crippen LogP contribution is 2.40. The lowest BCUT2D eigenvalue weighted by Crippen LogP contribution is -2.49. The van der Waals surface area contributed by atoms with E-state index in [9.17, 15) is 5.11 Å². The topological polar surface area (TPSA) is 26.7 Å². The Bertz CT molecular complexity index is 507. The number of likely N-dealkylation sites (N-methyl/N-ethyl adjacent to an activating group) is 1. The average molecular weight is 331 g/mol. The van der Waals surface area contributed by atoms with E-state index in [4.69, 9.17) is 0 Å². The van der Waals surface area contributed by atoms with Crippen molar-refractivity contribution in [3.63, 3.8) is 0 Å². The first kappa shape index (κ1) is 17.9. The summed E-state index contributed by atoms with van der Waals surface area (Å²) in [5.41, 5.74) is 1.75. The van der Waals surface area contributed by atoms with Crippen molar-refractivity contribution in [2.24, 2.45) is 5.92 Å². The van der Waals surface area contributed by atoms with Crippen molar-refractivity contribution in [3.8, 4) is 0 Å². The first-order chi connectivity index (χ1) is 11.6. The summed E-state index contributed by atoms with van der Waals surface area (Å²) in [7, 11) is 2.20. The fourth-order valence-electron chi connectivity index (χ4n) is 4.39. The van der Waals surface area contributed by atoms with Gasteiger partial charge in [-0.1, -0.05) is 55.5 Å². The zero-order valence-electron chi connectivity index (χ0n) is 15.5. The van der Waals surface area contributed by atoms with Gasteiger partial charge >= 0.3 is 0 Å². The maximum atomic E-state index is 11.7. The van der Waals surface area contributed by atoms with Gasteiger partial charge in [-0.05, 0) is 32.4 Å². The van der Waals surface area contributed by atoms with Gasteiger partial charge in [-0.25, -0.2) is 0 Å². The number of rotatable bonds is 3. The van der Waals surface area contributed by atoms with Gasteiger partial charge < -0.3 is 14.9 Å². The molecule has 24 heavy (non-hydrogen) atoms. The minimum Gasteiger partial charge on any atom is -0.385 e. The molecule has 1 aromatic rings. The van der Waals surface area contributed by atoms with Crippen molar-refractivity contribution in [1.82, 2.24) is 9.80 Å². The summed E-state index contributed by atoms with van der Waals surface area (Å²) in [6, 6.07) is 8.62. The van der Waals surface area contributed by atoms with Crippen LogP contribution >= 0.6 is 0 Å². The molecule has 1 aromatic carbocycles. The molecule has 1 saturated heterocycles. The van der Waals surface area contributed by atoms with E-state index in [-0.39, 0.29) is 0 Å². The molecule has 3 nitrogen and oxygen atoms in total. The van der Waals surface area contributed by atoms with Crippen molar-refractivity contribution < 1.29 is 5.11 Å². The van der Waals surface area contributed by atoms with E-state index in [0.29, 0.717) is 5.92 Å². The normalized spacial score (nSPS) is 30.7. The lowest BCUT2D eigenvalue weighted by Gasteiger charge is -2.42. The van der Waals surface area contributed by atoms with Crippen LogP contribution in [0.2, 0.25) is 0 Å². The van der Waals surface area contributed by atoms with Gasteiger partial charge in [0.25, 0.3) is 0 Å². The van der Waals surface area contributed by atoms with E-state index in [0.717, 1.165) is 57.5 Å². The minimum absolute atomic E-state index is 0.351. The first-order valence-corrected chi connectivity index (χ1v) is 9.78. The molecular formula is C21H34N2O. The first-order valence-electron chi connectivity index (χ1n) is 9.78. The lowest BCUT2D eigenvalue weighted by atomic mass is 9.73. The molecule has 3 heteroatoms. The predicted octanol–water partition coefficient (Wildman–Crippen LogP) is 3.40. The molecule has 0 radical (unpaired) electrons. The van der Waals surface area contributed by atoms with Gasteiger partial charge in [-0.2, -0.15) is 0 Å².